The van der Waals surface area contributed by atoms with Gasteiger partial charge in [-0.05, 0) is 19.4 Å². The Bertz CT molecular complexity index is 410. The van der Waals surface area contributed by atoms with Crippen LogP contribution >= 0.6 is 35.7 Å². The van der Waals surface area contributed by atoms with Gasteiger partial charge in [-0.25, -0.2) is 0 Å². The summed E-state index contributed by atoms with van der Waals surface area (Å²) in [5.41, 5.74) is 0. The molecule has 0 radical (unpaired) electrons. The maximum Gasteiger partial charge on any atom is 0.194 e. The molecular formula is C14H26IN5S. The number of nitrogens with one attached hydrogen (secondary N) is 1. The number of halogens is 1. The number of nitrogens with zero attached hydrogens (tertiary/aromatic N) is 4. The fourth-order valence-corrected chi connectivity index (χ4v) is 3.46. The van der Waals surface area contributed by atoms with Gasteiger partial charge >= 0.3 is 0 Å². The predicted octanol–water partition coefficient (Wildman–Crippen LogP) is 2.29. The van der Waals surface area contributed by atoms with Crippen molar-refractivity contribution in [2.24, 2.45) is 4.99 Å². The molecule has 2 rings (SSSR count). The monoisotopic (exact) mass is 423 g/mol. The zero-order chi connectivity index (χ0) is 14.2. The van der Waals surface area contributed by atoms with Crippen molar-refractivity contribution >= 4 is 41.7 Å². The van der Waals surface area contributed by atoms with E-state index in [1.54, 1.807) is 0 Å². The third-order valence-corrected chi connectivity index (χ3v) is 4.75. The van der Waals surface area contributed by atoms with Gasteiger partial charge in [0.05, 0.1) is 13.1 Å². The van der Waals surface area contributed by atoms with Crippen LogP contribution in [0.15, 0.2) is 23.5 Å². The lowest BCUT2D eigenvalue weighted by atomic mass is 10.3. The highest BCUT2D eigenvalue weighted by Crippen LogP contribution is 2.20. The Kier molecular flexibility index (Phi) is 9.14. The molecule has 0 spiro atoms. The lowest BCUT2D eigenvalue weighted by Crippen LogP contribution is -2.48. The second kappa shape index (κ2) is 10.3. The van der Waals surface area contributed by atoms with Crippen LogP contribution in [-0.2, 0) is 6.54 Å². The van der Waals surface area contributed by atoms with Crippen LogP contribution in [-0.4, -0.2) is 57.8 Å². The summed E-state index contributed by atoms with van der Waals surface area (Å²) in [7, 11) is 0. The first-order chi connectivity index (χ1) is 9.83. The van der Waals surface area contributed by atoms with Crippen LogP contribution < -0.4 is 5.32 Å². The standard InChI is InChI=1S/C14H25N5S.HI/c1-3-13-12-18(10-11-20-13)14(15-4-2)16-7-9-19-8-5-6-17-19;/h5-6,8,13H,3-4,7,9-12H2,1-2H3,(H,15,16);1H. The van der Waals surface area contributed by atoms with E-state index in [2.05, 4.69) is 40.9 Å². The van der Waals surface area contributed by atoms with E-state index in [4.69, 9.17) is 4.99 Å². The number of guanidine groups is 1. The number of hydrogen-bond acceptors (Lipinski definition) is 3. The van der Waals surface area contributed by atoms with Crippen molar-refractivity contribution in [3.05, 3.63) is 18.5 Å². The molecule has 0 aliphatic carbocycles. The molecular weight excluding hydrogens is 397 g/mol. The summed E-state index contributed by atoms with van der Waals surface area (Å²) in [6, 6.07) is 1.95. The Morgan fingerprint density at radius 3 is 3.00 bits per heavy atom. The molecule has 1 unspecified atom stereocenters. The Morgan fingerprint density at radius 1 is 1.48 bits per heavy atom. The van der Waals surface area contributed by atoms with Crippen molar-refractivity contribution in [3.63, 3.8) is 0 Å². The fraction of sp³-hybridized carbons (Fsp3) is 0.714. The smallest absolute Gasteiger partial charge is 0.194 e. The van der Waals surface area contributed by atoms with Gasteiger partial charge in [0, 0.05) is 43.0 Å². The lowest BCUT2D eigenvalue weighted by Gasteiger charge is -2.34. The van der Waals surface area contributed by atoms with E-state index in [1.807, 2.05) is 23.1 Å². The minimum Gasteiger partial charge on any atom is -0.357 e. The number of aliphatic imine (C=N–C) groups is 1. The number of thioether (sulfide) groups is 1. The molecule has 0 aromatic carbocycles. The average Bonchev–Trinajstić information content (AvgIpc) is 3.00. The molecule has 1 saturated heterocycles. The molecule has 1 fully saturated rings. The molecule has 21 heavy (non-hydrogen) atoms. The molecule has 5 nitrogen and oxygen atoms in total. The molecule has 7 heteroatoms. The summed E-state index contributed by atoms with van der Waals surface area (Å²) in [5, 5.41) is 8.36. The normalized spacial score (nSPS) is 19.2. The van der Waals surface area contributed by atoms with Gasteiger partial charge < -0.3 is 10.2 Å². The van der Waals surface area contributed by atoms with E-state index in [0.29, 0.717) is 0 Å². The quantitative estimate of drug-likeness (QED) is 0.449. The summed E-state index contributed by atoms with van der Waals surface area (Å²) in [6.45, 7) is 9.11. The molecule has 120 valence electrons. The summed E-state index contributed by atoms with van der Waals surface area (Å²) in [4.78, 5) is 7.14. The van der Waals surface area contributed by atoms with Crippen LogP contribution in [0.2, 0.25) is 0 Å². The lowest BCUT2D eigenvalue weighted by molar-refractivity contribution is 0.407. The van der Waals surface area contributed by atoms with Crippen molar-refractivity contribution in [2.75, 3.05) is 31.9 Å². The third-order valence-electron chi connectivity index (χ3n) is 3.38. The minimum absolute atomic E-state index is 0. The van der Waals surface area contributed by atoms with Crippen molar-refractivity contribution < 1.29 is 0 Å². The molecule has 0 saturated carbocycles. The van der Waals surface area contributed by atoms with Gasteiger partial charge in [-0.15, -0.1) is 24.0 Å². The van der Waals surface area contributed by atoms with Crippen LogP contribution in [0.1, 0.15) is 20.3 Å². The van der Waals surface area contributed by atoms with Crippen LogP contribution in [0.3, 0.4) is 0 Å². The van der Waals surface area contributed by atoms with E-state index in [1.165, 1.54) is 12.2 Å². The van der Waals surface area contributed by atoms with Crippen molar-refractivity contribution in [2.45, 2.75) is 32.1 Å². The molecule has 1 aromatic rings. The summed E-state index contributed by atoms with van der Waals surface area (Å²) in [6.07, 6.45) is 5.02. The molecule has 1 aromatic heterocycles. The molecule has 1 N–H and O–H groups in total. The SMILES string of the molecule is CCNC(=NCCn1cccn1)N1CCSC(CC)C1.I. The van der Waals surface area contributed by atoms with Gasteiger partial charge in [-0.1, -0.05) is 6.92 Å². The van der Waals surface area contributed by atoms with Crippen molar-refractivity contribution in [3.8, 4) is 0 Å². The first-order valence-electron chi connectivity index (χ1n) is 7.45. The summed E-state index contributed by atoms with van der Waals surface area (Å²) in [5.74, 6) is 2.25. The highest BCUT2D eigenvalue weighted by atomic mass is 127. The number of hydrogen-bond donors (Lipinski definition) is 1. The second-order valence-electron chi connectivity index (χ2n) is 4.85. The Hall–Kier alpha value is -0.440. The zero-order valence-corrected chi connectivity index (χ0v) is 16.0. The van der Waals surface area contributed by atoms with E-state index in [-0.39, 0.29) is 24.0 Å². The van der Waals surface area contributed by atoms with Crippen LogP contribution in [0.25, 0.3) is 0 Å². The van der Waals surface area contributed by atoms with Gasteiger partial charge in [-0.3, -0.25) is 9.67 Å². The van der Waals surface area contributed by atoms with Crippen LogP contribution in [0.5, 0.6) is 0 Å². The fourth-order valence-electron chi connectivity index (χ4n) is 2.28. The molecule has 1 aliphatic heterocycles. The van der Waals surface area contributed by atoms with E-state index in [9.17, 15) is 0 Å². The average molecular weight is 423 g/mol. The first kappa shape index (κ1) is 18.6. The molecule has 1 atom stereocenters. The molecule has 2 heterocycles. The minimum atomic E-state index is 0. The number of aromatic nitrogens is 2. The Labute approximate surface area is 149 Å². The maximum atomic E-state index is 4.74. The van der Waals surface area contributed by atoms with Gasteiger partial charge in [0.2, 0.25) is 0 Å². The van der Waals surface area contributed by atoms with Gasteiger partial charge in [0.25, 0.3) is 0 Å². The van der Waals surface area contributed by atoms with Gasteiger partial charge in [0.15, 0.2) is 5.96 Å². The van der Waals surface area contributed by atoms with E-state index in [0.717, 1.165) is 43.9 Å². The highest BCUT2D eigenvalue weighted by molar-refractivity contribution is 14.0. The topological polar surface area (TPSA) is 45.5 Å². The Morgan fingerprint density at radius 2 is 2.33 bits per heavy atom. The van der Waals surface area contributed by atoms with Gasteiger partial charge in [-0.2, -0.15) is 16.9 Å². The van der Waals surface area contributed by atoms with Crippen LogP contribution in [0.4, 0.5) is 0 Å². The van der Waals surface area contributed by atoms with E-state index >= 15 is 0 Å². The molecule has 0 bridgehead atoms. The largest absolute Gasteiger partial charge is 0.357 e. The first-order valence-corrected chi connectivity index (χ1v) is 8.50. The summed E-state index contributed by atoms with van der Waals surface area (Å²) < 4.78 is 1.92. The second-order valence-corrected chi connectivity index (χ2v) is 6.26. The zero-order valence-electron chi connectivity index (χ0n) is 12.9. The summed E-state index contributed by atoms with van der Waals surface area (Å²) >= 11 is 2.09. The van der Waals surface area contributed by atoms with Crippen molar-refractivity contribution in [1.82, 2.24) is 20.0 Å². The third kappa shape index (κ3) is 6.06. The number of rotatable bonds is 5. The van der Waals surface area contributed by atoms with Crippen molar-refractivity contribution in [1.29, 1.82) is 0 Å². The maximum absolute atomic E-state index is 4.74. The van der Waals surface area contributed by atoms with Gasteiger partial charge in [0.1, 0.15) is 0 Å². The predicted molar refractivity (Wildman–Crippen MR) is 102 cm³/mol. The Balaban J connectivity index is 0.00000220. The van der Waals surface area contributed by atoms with E-state index < -0.39 is 0 Å². The highest BCUT2D eigenvalue weighted by Gasteiger charge is 2.21. The van der Waals surface area contributed by atoms with Crippen LogP contribution in [0, 0.1) is 0 Å². The molecule has 1 aliphatic rings. The molecule has 0 amide bonds.